The Kier molecular flexibility index (Phi) is 7.81. The molecule has 3 atom stereocenters. The fourth-order valence-corrected chi connectivity index (χ4v) is 3.96. The van der Waals surface area contributed by atoms with Gasteiger partial charge >= 0.3 is 6.18 Å². The summed E-state index contributed by atoms with van der Waals surface area (Å²) in [6.45, 7) is 2.19. The number of aliphatic hydroxyl groups excluding tert-OH is 1. The zero-order valence-corrected chi connectivity index (χ0v) is 18.0. The standard InChI is InChI=1S/C22H23F3N2O4S/c1-13(26-11-18(28)15-3-2-4-16(10-15)22(23,24)25)12-31-17-7-5-14(6-8-17)9-19-20(29)27-21(30)32-19/h2-8,10,13,18-19,26,28H,9,11-12H2,1H3,(H,27,29,30). The Morgan fingerprint density at radius 2 is 1.91 bits per heavy atom. The SMILES string of the molecule is CC(COc1ccc(CC2SC(=O)NC2=O)cc1)NCC(O)c1cccc(C(F)(F)F)c1. The fraction of sp³-hybridized carbons (Fsp3) is 0.364. The molecule has 1 heterocycles. The molecule has 0 radical (unpaired) electrons. The maximum absolute atomic E-state index is 12.8. The molecular formula is C22H23F3N2O4S. The molecule has 3 unspecified atom stereocenters. The number of benzene rings is 2. The van der Waals surface area contributed by atoms with E-state index in [1.807, 2.05) is 19.1 Å². The first-order valence-corrected chi connectivity index (χ1v) is 10.8. The van der Waals surface area contributed by atoms with Crippen molar-refractivity contribution in [1.82, 2.24) is 10.6 Å². The minimum absolute atomic E-state index is 0.0740. The van der Waals surface area contributed by atoms with Gasteiger partial charge in [-0.2, -0.15) is 13.2 Å². The average Bonchev–Trinajstić information content (AvgIpc) is 3.07. The predicted molar refractivity (Wildman–Crippen MR) is 114 cm³/mol. The summed E-state index contributed by atoms with van der Waals surface area (Å²) in [5.41, 5.74) is 0.287. The lowest BCUT2D eigenvalue weighted by atomic mass is 10.1. The van der Waals surface area contributed by atoms with Crippen LogP contribution in [-0.2, 0) is 17.4 Å². The van der Waals surface area contributed by atoms with E-state index in [9.17, 15) is 27.9 Å². The van der Waals surface area contributed by atoms with Crippen LogP contribution in [0.3, 0.4) is 0 Å². The fourth-order valence-electron chi connectivity index (χ4n) is 3.10. The number of halogens is 3. The third-order valence-electron chi connectivity index (χ3n) is 4.87. The molecule has 3 rings (SSSR count). The van der Waals surface area contributed by atoms with E-state index in [0.29, 0.717) is 12.2 Å². The van der Waals surface area contributed by atoms with Gasteiger partial charge in [0.1, 0.15) is 12.4 Å². The number of amides is 2. The highest BCUT2D eigenvalue weighted by Gasteiger charge is 2.32. The third-order valence-corrected chi connectivity index (χ3v) is 5.85. The molecule has 2 aromatic rings. The number of aliphatic hydroxyl groups is 1. The van der Waals surface area contributed by atoms with E-state index < -0.39 is 23.1 Å². The van der Waals surface area contributed by atoms with E-state index in [1.165, 1.54) is 12.1 Å². The lowest BCUT2D eigenvalue weighted by Gasteiger charge is -2.19. The molecule has 10 heteroatoms. The van der Waals surface area contributed by atoms with Crippen LogP contribution in [0.25, 0.3) is 0 Å². The molecule has 1 fully saturated rings. The summed E-state index contributed by atoms with van der Waals surface area (Å²) in [4.78, 5) is 22.9. The van der Waals surface area contributed by atoms with Gasteiger partial charge in [-0.05, 0) is 48.7 Å². The Balaban J connectivity index is 1.43. The summed E-state index contributed by atoms with van der Waals surface area (Å²) in [7, 11) is 0. The van der Waals surface area contributed by atoms with Gasteiger partial charge in [0.15, 0.2) is 0 Å². The molecular weight excluding hydrogens is 445 g/mol. The number of carbonyl (C=O) groups is 2. The van der Waals surface area contributed by atoms with Crippen molar-refractivity contribution in [3.63, 3.8) is 0 Å². The smallest absolute Gasteiger partial charge is 0.416 e. The molecule has 0 aromatic heterocycles. The zero-order chi connectivity index (χ0) is 23.3. The average molecular weight is 468 g/mol. The highest BCUT2D eigenvalue weighted by Crippen LogP contribution is 2.30. The van der Waals surface area contributed by atoms with Crippen LogP contribution in [0.5, 0.6) is 5.75 Å². The molecule has 2 aromatic carbocycles. The first-order valence-electron chi connectivity index (χ1n) is 9.93. The Hall–Kier alpha value is -2.56. The number of alkyl halides is 3. The van der Waals surface area contributed by atoms with Gasteiger partial charge in [-0.15, -0.1) is 0 Å². The van der Waals surface area contributed by atoms with Crippen LogP contribution in [0.2, 0.25) is 0 Å². The number of rotatable bonds is 9. The van der Waals surface area contributed by atoms with Crippen LogP contribution in [0.15, 0.2) is 48.5 Å². The van der Waals surface area contributed by atoms with Crippen LogP contribution in [0.4, 0.5) is 18.0 Å². The summed E-state index contributed by atoms with van der Waals surface area (Å²) in [5, 5.41) is 14.7. The third kappa shape index (κ3) is 6.72. The molecule has 32 heavy (non-hydrogen) atoms. The van der Waals surface area contributed by atoms with Crippen molar-refractivity contribution in [3.8, 4) is 5.75 Å². The molecule has 2 amide bonds. The first-order chi connectivity index (χ1) is 15.1. The molecule has 0 spiro atoms. The van der Waals surface area contributed by atoms with Gasteiger partial charge in [-0.3, -0.25) is 14.9 Å². The normalized spacial score (nSPS) is 18.3. The van der Waals surface area contributed by atoms with E-state index in [0.717, 1.165) is 29.5 Å². The second-order valence-electron chi connectivity index (χ2n) is 7.49. The van der Waals surface area contributed by atoms with Gasteiger partial charge in [-0.25, -0.2) is 0 Å². The number of hydrogen-bond acceptors (Lipinski definition) is 6. The molecule has 0 aliphatic carbocycles. The van der Waals surface area contributed by atoms with Crippen LogP contribution >= 0.6 is 11.8 Å². The molecule has 6 nitrogen and oxygen atoms in total. The molecule has 0 saturated carbocycles. The number of imide groups is 1. The number of thioether (sulfide) groups is 1. The van der Waals surface area contributed by atoms with E-state index in [2.05, 4.69) is 10.6 Å². The van der Waals surface area contributed by atoms with E-state index in [4.69, 9.17) is 4.74 Å². The van der Waals surface area contributed by atoms with Crippen molar-refractivity contribution in [1.29, 1.82) is 0 Å². The van der Waals surface area contributed by atoms with E-state index in [-0.39, 0.29) is 35.9 Å². The number of carbonyl (C=O) groups excluding carboxylic acids is 2. The molecule has 3 N–H and O–H groups in total. The van der Waals surface area contributed by atoms with Gasteiger partial charge in [0.05, 0.1) is 16.9 Å². The van der Waals surface area contributed by atoms with Crippen molar-refractivity contribution in [2.75, 3.05) is 13.2 Å². The Morgan fingerprint density at radius 3 is 2.53 bits per heavy atom. The maximum Gasteiger partial charge on any atom is 0.416 e. The predicted octanol–water partition coefficient (Wildman–Crippen LogP) is 3.69. The van der Waals surface area contributed by atoms with Crippen LogP contribution in [0, 0.1) is 0 Å². The highest BCUT2D eigenvalue weighted by molar-refractivity contribution is 8.15. The molecule has 1 aliphatic rings. The number of nitrogens with one attached hydrogen (secondary N) is 2. The topological polar surface area (TPSA) is 87.7 Å². The van der Waals surface area contributed by atoms with Crippen molar-refractivity contribution in [2.24, 2.45) is 0 Å². The van der Waals surface area contributed by atoms with Gasteiger partial charge < -0.3 is 15.2 Å². The largest absolute Gasteiger partial charge is 0.492 e. The lowest BCUT2D eigenvalue weighted by Crippen LogP contribution is -2.35. The van der Waals surface area contributed by atoms with E-state index in [1.54, 1.807) is 12.1 Å². The molecule has 172 valence electrons. The second-order valence-corrected chi connectivity index (χ2v) is 8.67. The minimum atomic E-state index is -4.46. The van der Waals surface area contributed by atoms with Crippen molar-refractivity contribution in [3.05, 3.63) is 65.2 Å². The summed E-state index contributed by atoms with van der Waals surface area (Å²) in [5.74, 6) is 0.327. The monoisotopic (exact) mass is 468 g/mol. The van der Waals surface area contributed by atoms with Crippen LogP contribution in [-0.4, -0.2) is 40.7 Å². The number of ether oxygens (including phenoxy) is 1. The maximum atomic E-state index is 12.8. The van der Waals surface area contributed by atoms with Gasteiger partial charge in [0, 0.05) is 12.6 Å². The van der Waals surface area contributed by atoms with Crippen molar-refractivity contribution in [2.45, 2.75) is 36.9 Å². The summed E-state index contributed by atoms with van der Waals surface area (Å²) in [6.07, 6.45) is -5.11. The Bertz CT molecular complexity index is 953. The second kappa shape index (κ2) is 10.4. The number of hydrogen-bond donors (Lipinski definition) is 3. The van der Waals surface area contributed by atoms with Crippen molar-refractivity contribution >= 4 is 22.9 Å². The molecule has 1 saturated heterocycles. The lowest BCUT2D eigenvalue weighted by molar-refractivity contribution is -0.137. The van der Waals surface area contributed by atoms with Crippen molar-refractivity contribution < 1.29 is 32.6 Å². The zero-order valence-electron chi connectivity index (χ0n) is 17.2. The quantitative estimate of drug-likeness (QED) is 0.520. The Labute approximate surface area is 187 Å². The van der Waals surface area contributed by atoms with Crippen LogP contribution in [0.1, 0.15) is 29.7 Å². The van der Waals surface area contributed by atoms with Gasteiger partial charge in [-0.1, -0.05) is 36.0 Å². The Morgan fingerprint density at radius 1 is 1.19 bits per heavy atom. The van der Waals surface area contributed by atoms with Crippen LogP contribution < -0.4 is 15.4 Å². The summed E-state index contributed by atoms with van der Waals surface area (Å²) >= 11 is 0.980. The van der Waals surface area contributed by atoms with Gasteiger partial charge in [0.25, 0.3) is 5.24 Å². The van der Waals surface area contributed by atoms with Gasteiger partial charge in [0.2, 0.25) is 5.91 Å². The highest BCUT2D eigenvalue weighted by atomic mass is 32.2. The molecule has 0 bridgehead atoms. The summed E-state index contributed by atoms with van der Waals surface area (Å²) in [6, 6.07) is 11.6. The summed E-state index contributed by atoms with van der Waals surface area (Å²) < 4.78 is 44.2. The minimum Gasteiger partial charge on any atom is -0.492 e. The molecule has 1 aliphatic heterocycles. The van der Waals surface area contributed by atoms with E-state index >= 15 is 0 Å². The first kappa shape index (κ1) is 24.1.